The monoisotopic (exact) mass is 406 g/mol. The Morgan fingerprint density at radius 1 is 1.35 bits per heavy atom. The molecule has 3 aromatic heterocycles. The summed E-state index contributed by atoms with van der Waals surface area (Å²) >= 11 is 2.73. The molecule has 0 fully saturated rings. The van der Waals surface area contributed by atoms with Crippen LogP contribution < -0.4 is 4.72 Å². The van der Waals surface area contributed by atoms with Gasteiger partial charge >= 0.3 is 0 Å². The Hall–Kier alpha value is -2.37. The Balaban J connectivity index is 1.56. The molecular formula is C15H14N6O2S3. The van der Waals surface area contributed by atoms with Crippen LogP contribution in [0.4, 0.5) is 0 Å². The molecule has 4 rings (SSSR count). The number of allylic oxidation sites excluding steroid dienone is 3. The highest BCUT2D eigenvalue weighted by Gasteiger charge is 2.22. The minimum atomic E-state index is -3.67. The van der Waals surface area contributed by atoms with Gasteiger partial charge in [0.05, 0.1) is 15.6 Å². The molecule has 0 saturated carbocycles. The van der Waals surface area contributed by atoms with Crippen LogP contribution in [-0.4, -0.2) is 34.0 Å². The fourth-order valence-corrected chi connectivity index (χ4v) is 5.55. The molecule has 8 nitrogen and oxygen atoms in total. The summed E-state index contributed by atoms with van der Waals surface area (Å²) in [6.07, 6.45) is 6.11. The molecule has 0 aliphatic heterocycles. The lowest BCUT2D eigenvalue weighted by molar-refractivity contribution is 0.590. The summed E-state index contributed by atoms with van der Waals surface area (Å²) in [5.74, 6) is 0.414. The van der Waals surface area contributed by atoms with E-state index in [1.165, 1.54) is 22.7 Å². The van der Waals surface area contributed by atoms with Crippen molar-refractivity contribution in [2.75, 3.05) is 0 Å². The van der Waals surface area contributed by atoms with Crippen LogP contribution in [0.15, 0.2) is 45.6 Å². The number of hydrogen-bond acceptors (Lipinski definition) is 8. The summed E-state index contributed by atoms with van der Waals surface area (Å²) in [5.41, 5.74) is 1.29. The number of hydrogen-bond donors (Lipinski definition) is 2. The van der Waals surface area contributed by atoms with Crippen LogP contribution in [0.5, 0.6) is 0 Å². The van der Waals surface area contributed by atoms with Crippen molar-refractivity contribution in [3.63, 3.8) is 0 Å². The highest BCUT2D eigenvalue weighted by atomic mass is 32.2. The van der Waals surface area contributed by atoms with Crippen molar-refractivity contribution in [3.05, 3.63) is 52.3 Å². The summed E-state index contributed by atoms with van der Waals surface area (Å²) in [7, 11) is -3.67. The molecule has 1 atom stereocenters. The van der Waals surface area contributed by atoms with Crippen molar-refractivity contribution in [2.45, 2.75) is 23.5 Å². The third-order valence-electron chi connectivity index (χ3n) is 3.73. The molecule has 3 aromatic rings. The first-order chi connectivity index (χ1) is 12.5. The van der Waals surface area contributed by atoms with Crippen molar-refractivity contribution >= 4 is 32.7 Å². The van der Waals surface area contributed by atoms with E-state index < -0.39 is 10.0 Å². The molecule has 0 aromatic carbocycles. The van der Waals surface area contributed by atoms with Crippen molar-refractivity contribution in [2.24, 2.45) is 0 Å². The largest absolute Gasteiger partial charge is 0.279 e. The van der Waals surface area contributed by atoms with Crippen molar-refractivity contribution in [3.8, 4) is 10.6 Å². The minimum absolute atomic E-state index is 0.117. The van der Waals surface area contributed by atoms with Gasteiger partial charge in [0.2, 0.25) is 0 Å². The van der Waals surface area contributed by atoms with Gasteiger partial charge < -0.3 is 0 Å². The van der Waals surface area contributed by atoms with E-state index in [4.69, 9.17) is 0 Å². The number of aryl methyl sites for hydroxylation is 1. The van der Waals surface area contributed by atoms with E-state index in [2.05, 4.69) is 30.3 Å². The molecule has 1 aliphatic carbocycles. The minimum Gasteiger partial charge on any atom is -0.279 e. The van der Waals surface area contributed by atoms with Crippen LogP contribution >= 0.6 is 22.7 Å². The van der Waals surface area contributed by atoms with E-state index in [0.717, 1.165) is 15.6 Å². The summed E-state index contributed by atoms with van der Waals surface area (Å²) in [5, 5.41) is 16.7. The summed E-state index contributed by atoms with van der Waals surface area (Å²) < 4.78 is 28.3. The first-order valence-corrected chi connectivity index (χ1v) is 10.9. The average molecular weight is 407 g/mol. The van der Waals surface area contributed by atoms with Crippen LogP contribution in [-0.2, 0) is 10.0 Å². The van der Waals surface area contributed by atoms with Gasteiger partial charge in [0, 0.05) is 17.0 Å². The Kier molecular flexibility index (Phi) is 4.42. The second-order valence-corrected chi connectivity index (χ2v) is 9.67. The average Bonchev–Trinajstić information content (AvgIpc) is 3.36. The lowest BCUT2D eigenvalue weighted by Crippen LogP contribution is -2.23. The van der Waals surface area contributed by atoms with Gasteiger partial charge in [0.1, 0.15) is 4.21 Å². The van der Waals surface area contributed by atoms with Crippen LogP contribution in [0.1, 0.15) is 23.2 Å². The van der Waals surface area contributed by atoms with Gasteiger partial charge in [-0.2, -0.15) is 5.21 Å². The number of sulfonamides is 1. The van der Waals surface area contributed by atoms with E-state index in [9.17, 15) is 8.42 Å². The highest BCUT2D eigenvalue weighted by molar-refractivity contribution is 7.91. The molecule has 0 amide bonds. The Bertz CT molecular complexity index is 1080. The lowest BCUT2D eigenvalue weighted by Gasteiger charge is -2.14. The van der Waals surface area contributed by atoms with Crippen LogP contribution in [0.3, 0.4) is 0 Å². The number of nitrogens with zero attached hydrogens (tertiary/aromatic N) is 4. The Labute approximate surface area is 157 Å². The van der Waals surface area contributed by atoms with Crippen molar-refractivity contribution in [1.29, 1.82) is 0 Å². The third kappa shape index (κ3) is 3.45. The molecule has 1 aliphatic rings. The predicted octanol–water partition coefficient (Wildman–Crippen LogP) is 2.60. The highest BCUT2D eigenvalue weighted by Crippen LogP contribution is 2.32. The number of aromatic amines is 1. The molecule has 2 N–H and O–H groups in total. The number of tetrazole rings is 1. The van der Waals surface area contributed by atoms with Gasteiger partial charge in [-0.3, -0.25) is 4.72 Å². The van der Waals surface area contributed by atoms with Crippen LogP contribution in [0, 0.1) is 6.92 Å². The second kappa shape index (κ2) is 6.74. The molecule has 1 unspecified atom stereocenters. The molecule has 26 heavy (non-hydrogen) atoms. The van der Waals surface area contributed by atoms with Gasteiger partial charge in [-0.25, -0.2) is 13.4 Å². The van der Waals surface area contributed by atoms with E-state index in [0.29, 0.717) is 17.9 Å². The second-order valence-electron chi connectivity index (χ2n) is 5.61. The number of thiazole rings is 1. The van der Waals surface area contributed by atoms with E-state index in [1.807, 2.05) is 18.4 Å². The van der Waals surface area contributed by atoms with E-state index in [-0.39, 0.29) is 10.1 Å². The fourth-order valence-electron chi connectivity index (χ4n) is 2.54. The maximum atomic E-state index is 12.7. The molecule has 134 valence electrons. The lowest BCUT2D eigenvalue weighted by atomic mass is 9.99. The maximum absolute atomic E-state index is 12.7. The first-order valence-electron chi connectivity index (χ1n) is 7.68. The van der Waals surface area contributed by atoms with Gasteiger partial charge in [-0.15, -0.1) is 32.9 Å². The van der Waals surface area contributed by atoms with Gasteiger partial charge in [0.15, 0.2) is 5.82 Å². The van der Waals surface area contributed by atoms with E-state index in [1.54, 1.807) is 24.3 Å². The molecule has 0 bridgehead atoms. The molecule has 0 saturated heterocycles. The predicted molar refractivity (Wildman–Crippen MR) is 99.2 cm³/mol. The van der Waals surface area contributed by atoms with E-state index >= 15 is 0 Å². The number of H-pyrrole nitrogens is 1. The Morgan fingerprint density at radius 2 is 2.23 bits per heavy atom. The first kappa shape index (κ1) is 17.1. The van der Waals surface area contributed by atoms with Crippen LogP contribution in [0.25, 0.3) is 10.6 Å². The number of rotatable bonds is 5. The van der Waals surface area contributed by atoms with Crippen molar-refractivity contribution in [1.82, 2.24) is 30.3 Å². The number of nitrogens with one attached hydrogen (secondary N) is 2. The fraction of sp³-hybridized carbons (Fsp3) is 0.200. The number of thiophene rings is 1. The van der Waals surface area contributed by atoms with Gasteiger partial charge in [-0.1, -0.05) is 11.3 Å². The van der Waals surface area contributed by atoms with Gasteiger partial charge in [0.25, 0.3) is 10.0 Å². The third-order valence-corrected chi connectivity index (χ3v) is 7.49. The van der Waals surface area contributed by atoms with Gasteiger partial charge in [-0.05, 0) is 37.6 Å². The SMILES string of the molecule is Cc1nc(-c2ccc(S(=O)(=O)NC3=CC(c4nn[nH]n4)CC=C3)s2)cs1. The molecule has 3 heterocycles. The summed E-state index contributed by atoms with van der Waals surface area (Å²) in [6, 6.07) is 3.38. The number of aromatic nitrogens is 5. The zero-order valence-corrected chi connectivity index (χ0v) is 16.0. The Morgan fingerprint density at radius 3 is 2.96 bits per heavy atom. The summed E-state index contributed by atoms with van der Waals surface area (Å²) in [6.45, 7) is 1.92. The quantitative estimate of drug-likeness (QED) is 0.673. The molecule has 0 radical (unpaired) electrons. The molecule has 0 spiro atoms. The molecular weight excluding hydrogens is 392 g/mol. The van der Waals surface area contributed by atoms with Crippen LogP contribution in [0.2, 0.25) is 0 Å². The zero-order chi connectivity index (χ0) is 18.1. The summed E-state index contributed by atoms with van der Waals surface area (Å²) in [4.78, 5) is 5.23. The standard InChI is InChI=1S/C15H14N6O2S3/c1-9-16-12(8-24-9)13-5-6-14(25-13)26(22,23)19-11-4-2-3-10(7-11)15-17-20-21-18-15/h2,4-8,10,19H,3H2,1H3,(H,17,18,20,21). The topological polar surface area (TPSA) is 114 Å². The zero-order valence-electron chi connectivity index (χ0n) is 13.6. The normalized spacial score (nSPS) is 17.3. The molecule has 11 heteroatoms. The smallest absolute Gasteiger partial charge is 0.271 e. The van der Waals surface area contributed by atoms with Crippen molar-refractivity contribution < 1.29 is 8.42 Å². The maximum Gasteiger partial charge on any atom is 0.271 e.